The predicted octanol–water partition coefficient (Wildman–Crippen LogP) is 2.84. The Labute approximate surface area is 107 Å². The van der Waals surface area contributed by atoms with Crippen LogP contribution in [-0.2, 0) is 4.74 Å². The smallest absolute Gasteiger partial charge is 0.0589 e. The third-order valence-electron chi connectivity index (χ3n) is 3.66. The van der Waals surface area contributed by atoms with Gasteiger partial charge in [-0.25, -0.2) is 0 Å². The van der Waals surface area contributed by atoms with E-state index in [1.54, 1.807) is 0 Å². The van der Waals surface area contributed by atoms with Crippen LogP contribution in [0.25, 0.3) is 0 Å². The Hall–Kier alpha value is 0.650. The number of nitrogens with zero attached hydrogens (tertiary/aromatic N) is 1. The van der Waals surface area contributed by atoms with Crippen LogP contribution in [-0.4, -0.2) is 41.2 Å². The Bertz CT molecular complexity index is 188. The first-order chi connectivity index (χ1) is 7.31. The van der Waals surface area contributed by atoms with E-state index in [0.717, 1.165) is 29.2 Å². The van der Waals surface area contributed by atoms with Crippen molar-refractivity contribution in [2.24, 2.45) is 0 Å². The van der Waals surface area contributed by atoms with Crippen molar-refractivity contribution in [2.45, 2.75) is 54.5 Å². The van der Waals surface area contributed by atoms with Crippen LogP contribution in [0.3, 0.4) is 0 Å². The van der Waals surface area contributed by atoms with E-state index in [4.69, 9.17) is 4.74 Å². The minimum atomic E-state index is 0.860. The first-order valence-electron chi connectivity index (χ1n) is 6.20. The maximum atomic E-state index is 5.22. The molecule has 2 rings (SSSR count). The number of alkyl halides is 1. The average Bonchev–Trinajstić information content (AvgIpc) is 3.05. The topological polar surface area (TPSA) is 12.5 Å². The van der Waals surface area contributed by atoms with E-state index >= 15 is 0 Å². The third-order valence-corrected chi connectivity index (χ3v) is 4.91. The highest BCUT2D eigenvalue weighted by atomic mass is 127. The fourth-order valence-electron chi connectivity index (χ4n) is 2.63. The monoisotopic (exact) mass is 323 g/mol. The van der Waals surface area contributed by atoms with Crippen molar-refractivity contribution in [3.63, 3.8) is 0 Å². The Kier molecular flexibility index (Phi) is 4.70. The molecule has 0 atom stereocenters. The zero-order chi connectivity index (χ0) is 10.7. The summed E-state index contributed by atoms with van der Waals surface area (Å²) in [6.07, 6.45) is 8.51. The van der Waals surface area contributed by atoms with Gasteiger partial charge in [0, 0.05) is 29.7 Å². The molecule has 2 nitrogen and oxygen atoms in total. The zero-order valence-electron chi connectivity index (χ0n) is 9.62. The van der Waals surface area contributed by atoms with Gasteiger partial charge in [0.05, 0.1) is 6.61 Å². The number of hydrogen-bond acceptors (Lipinski definition) is 2. The summed E-state index contributed by atoms with van der Waals surface area (Å²) in [5.41, 5.74) is 0. The molecule has 2 saturated carbocycles. The van der Waals surface area contributed by atoms with E-state index in [9.17, 15) is 0 Å². The van der Waals surface area contributed by atoms with E-state index in [1.807, 2.05) is 7.11 Å². The molecule has 0 radical (unpaired) electrons. The Morgan fingerprint density at radius 3 is 2.07 bits per heavy atom. The first kappa shape index (κ1) is 12.1. The van der Waals surface area contributed by atoms with Gasteiger partial charge >= 0.3 is 0 Å². The number of rotatable bonds is 5. The Balaban J connectivity index is 1.81. The molecule has 0 bridgehead atoms. The van der Waals surface area contributed by atoms with Crippen LogP contribution < -0.4 is 0 Å². The quantitative estimate of drug-likeness (QED) is 0.570. The lowest BCUT2D eigenvalue weighted by Gasteiger charge is -2.35. The van der Waals surface area contributed by atoms with Crippen LogP contribution in [0.5, 0.6) is 0 Å². The predicted molar refractivity (Wildman–Crippen MR) is 71.7 cm³/mol. The highest BCUT2D eigenvalue weighted by Crippen LogP contribution is 2.34. The summed E-state index contributed by atoms with van der Waals surface area (Å²) in [7, 11) is 1.81. The average molecular weight is 323 g/mol. The molecule has 0 heterocycles. The summed E-state index contributed by atoms with van der Waals surface area (Å²) in [4.78, 5) is 2.73. The molecular weight excluding hydrogens is 301 g/mol. The Morgan fingerprint density at radius 2 is 1.60 bits per heavy atom. The number of methoxy groups -OCH3 is 1. The fraction of sp³-hybridized carbons (Fsp3) is 1.00. The van der Waals surface area contributed by atoms with Crippen molar-refractivity contribution in [1.82, 2.24) is 4.90 Å². The number of ether oxygens (including phenoxy) is 1. The van der Waals surface area contributed by atoms with Crippen molar-refractivity contribution < 1.29 is 4.74 Å². The van der Waals surface area contributed by atoms with Crippen molar-refractivity contribution in [2.75, 3.05) is 20.3 Å². The molecule has 0 amide bonds. The van der Waals surface area contributed by atoms with E-state index < -0.39 is 0 Å². The summed E-state index contributed by atoms with van der Waals surface area (Å²) >= 11 is 2.61. The highest BCUT2D eigenvalue weighted by Gasteiger charge is 2.34. The highest BCUT2D eigenvalue weighted by molar-refractivity contribution is 14.1. The molecule has 2 fully saturated rings. The summed E-state index contributed by atoms with van der Waals surface area (Å²) < 4.78 is 6.15. The molecule has 0 aromatic heterocycles. The maximum Gasteiger partial charge on any atom is 0.0589 e. The number of hydrogen-bond donors (Lipinski definition) is 0. The van der Waals surface area contributed by atoms with Gasteiger partial charge in [0.15, 0.2) is 0 Å². The standard InChI is InChI=1S/C12H22INO/c1-15-9-8-14(12-6-7-12)11-4-2-10(13)3-5-11/h10-12H,2-9H2,1H3/t10-,11-. The van der Waals surface area contributed by atoms with Gasteiger partial charge in [0.1, 0.15) is 0 Å². The van der Waals surface area contributed by atoms with Gasteiger partial charge in [0.25, 0.3) is 0 Å². The minimum absolute atomic E-state index is 0.860. The van der Waals surface area contributed by atoms with Gasteiger partial charge < -0.3 is 4.74 Å². The normalized spacial score (nSPS) is 32.2. The number of halogens is 1. The second kappa shape index (κ2) is 5.82. The first-order valence-corrected chi connectivity index (χ1v) is 7.44. The molecule has 2 aliphatic carbocycles. The molecule has 88 valence electrons. The lowest BCUT2D eigenvalue weighted by atomic mass is 9.94. The second-order valence-electron chi connectivity index (χ2n) is 4.87. The molecule has 0 aliphatic heterocycles. The molecule has 0 unspecified atom stereocenters. The van der Waals surface area contributed by atoms with E-state index in [-0.39, 0.29) is 0 Å². The molecule has 2 aliphatic rings. The third kappa shape index (κ3) is 3.56. The minimum Gasteiger partial charge on any atom is -0.383 e. The largest absolute Gasteiger partial charge is 0.383 e. The van der Waals surface area contributed by atoms with Crippen LogP contribution in [0.1, 0.15) is 38.5 Å². The lowest BCUT2D eigenvalue weighted by Crippen LogP contribution is -2.41. The van der Waals surface area contributed by atoms with Gasteiger partial charge in [-0.1, -0.05) is 22.6 Å². The SMILES string of the molecule is COCCN(C1CC1)[C@H]1CC[C@H](I)CC1. The summed E-state index contributed by atoms with van der Waals surface area (Å²) in [6, 6.07) is 1.76. The molecule has 0 spiro atoms. The van der Waals surface area contributed by atoms with E-state index in [0.29, 0.717) is 0 Å². The van der Waals surface area contributed by atoms with Crippen LogP contribution in [0, 0.1) is 0 Å². The molecular formula is C12H22INO. The molecule has 15 heavy (non-hydrogen) atoms. The van der Waals surface area contributed by atoms with Crippen LogP contribution in [0.2, 0.25) is 0 Å². The van der Waals surface area contributed by atoms with Gasteiger partial charge in [-0.3, -0.25) is 4.90 Å². The van der Waals surface area contributed by atoms with Crippen molar-refractivity contribution >= 4 is 22.6 Å². The second-order valence-corrected chi connectivity index (χ2v) is 6.63. The van der Waals surface area contributed by atoms with Crippen molar-refractivity contribution in [3.8, 4) is 0 Å². The lowest BCUT2D eigenvalue weighted by molar-refractivity contribution is 0.0974. The van der Waals surface area contributed by atoms with Crippen LogP contribution in [0.15, 0.2) is 0 Å². The van der Waals surface area contributed by atoms with Gasteiger partial charge in [-0.15, -0.1) is 0 Å². The van der Waals surface area contributed by atoms with E-state index in [1.165, 1.54) is 38.5 Å². The molecule has 0 aromatic carbocycles. The van der Waals surface area contributed by atoms with Crippen molar-refractivity contribution in [3.05, 3.63) is 0 Å². The van der Waals surface area contributed by atoms with Crippen LogP contribution >= 0.6 is 22.6 Å². The molecule has 0 saturated heterocycles. The van der Waals surface area contributed by atoms with Gasteiger partial charge in [-0.2, -0.15) is 0 Å². The van der Waals surface area contributed by atoms with Crippen LogP contribution in [0.4, 0.5) is 0 Å². The molecule has 0 N–H and O–H groups in total. The van der Waals surface area contributed by atoms with Gasteiger partial charge in [0.2, 0.25) is 0 Å². The molecule has 3 heteroatoms. The summed E-state index contributed by atoms with van der Waals surface area (Å²) in [5, 5.41) is 0. The zero-order valence-corrected chi connectivity index (χ0v) is 11.8. The van der Waals surface area contributed by atoms with Crippen molar-refractivity contribution in [1.29, 1.82) is 0 Å². The Morgan fingerprint density at radius 1 is 1.07 bits per heavy atom. The van der Waals surface area contributed by atoms with Gasteiger partial charge in [-0.05, 0) is 38.5 Å². The maximum absolute atomic E-state index is 5.22. The van der Waals surface area contributed by atoms with E-state index in [2.05, 4.69) is 27.5 Å². The molecule has 0 aromatic rings. The summed E-state index contributed by atoms with van der Waals surface area (Å²) in [6.45, 7) is 2.05. The fourth-order valence-corrected chi connectivity index (χ4v) is 3.35. The summed E-state index contributed by atoms with van der Waals surface area (Å²) in [5.74, 6) is 0.